The number of rotatable bonds is 7. The molecule has 0 unspecified atom stereocenters. The fourth-order valence-corrected chi connectivity index (χ4v) is 4.26. The van der Waals surface area contributed by atoms with E-state index in [-0.39, 0.29) is 11.9 Å². The zero-order valence-electron chi connectivity index (χ0n) is 18.0. The summed E-state index contributed by atoms with van der Waals surface area (Å²) in [6, 6.07) is 3.87. The molecule has 2 aromatic carbocycles. The summed E-state index contributed by atoms with van der Waals surface area (Å²) in [5.74, 6) is 2.56. The molecule has 0 radical (unpaired) electrons. The number of fused-ring (bicyclic) bond motifs is 3. The molecule has 1 aliphatic rings. The van der Waals surface area contributed by atoms with Gasteiger partial charge in [0.25, 0.3) is 0 Å². The molecule has 0 fully saturated rings. The molecule has 3 rings (SSSR count). The maximum Gasteiger partial charge on any atom is 0.203 e. The largest absolute Gasteiger partial charge is 0.507 e. The SMILES string of the molecule is CCCc1cc(OC)c2c(c1O)-c1c(cc(OC)c(OC)c1OC)CC[C@H]2OC. The third-order valence-corrected chi connectivity index (χ3v) is 5.56. The van der Waals surface area contributed by atoms with Crippen LogP contribution < -0.4 is 18.9 Å². The minimum Gasteiger partial charge on any atom is -0.507 e. The predicted molar refractivity (Wildman–Crippen MR) is 112 cm³/mol. The second-order valence-electron chi connectivity index (χ2n) is 7.07. The average molecular weight is 402 g/mol. The van der Waals surface area contributed by atoms with E-state index in [0.717, 1.165) is 47.9 Å². The van der Waals surface area contributed by atoms with Crippen molar-refractivity contribution in [3.63, 3.8) is 0 Å². The van der Waals surface area contributed by atoms with Crippen molar-refractivity contribution in [1.29, 1.82) is 0 Å². The molecule has 158 valence electrons. The fourth-order valence-electron chi connectivity index (χ4n) is 4.26. The Kier molecular flexibility index (Phi) is 6.42. The van der Waals surface area contributed by atoms with Crippen molar-refractivity contribution in [2.75, 3.05) is 35.5 Å². The molecule has 0 aromatic heterocycles. The van der Waals surface area contributed by atoms with Crippen LogP contribution in [0.25, 0.3) is 11.1 Å². The first-order valence-electron chi connectivity index (χ1n) is 9.83. The summed E-state index contributed by atoms with van der Waals surface area (Å²) in [6.45, 7) is 2.08. The summed E-state index contributed by atoms with van der Waals surface area (Å²) < 4.78 is 28.5. The second-order valence-corrected chi connectivity index (χ2v) is 7.07. The highest BCUT2D eigenvalue weighted by atomic mass is 16.5. The Morgan fingerprint density at radius 1 is 0.897 bits per heavy atom. The highest BCUT2D eigenvalue weighted by Crippen LogP contribution is 2.55. The maximum atomic E-state index is 11.3. The van der Waals surface area contributed by atoms with Crippen LogP contribution in [0, 0.1) is 0 Å². The van der Waals surface area contributed by atoms with Gasteiger partial charge in [0.2, 0.25) is 5.75 Å². The standard InChI is InChI=1S/C23H30O6/c1-7-8-14-12-16(26-3)19-15(25-2)10-9-13-11-17(27-4)22(28-5)23(29-6)18(13)20(19)21(14)24/h11-12,15,24H,7-10H2,1-6H3/t15-/m1/s1. The van der Waals surface area contributed by atoms with E-state index in [1.54, 1.807) is 35.5 Å². The smallest absolute Gasteiger partial charge is 0.203 e. The van der Waals surface area contributed by atoms with Crippen LogP contribution >= 0.6 is 0 Å². The number of hydrogen-bond acceptors (Lipinski definition) is 6. The van der Waals surface area contributed by atoms with Gasteiger partial charge in [-0.2, -0.15) is 0 Å². The van der Waals surface area contributed by atoms with Crippen LogP contribution in [0.2, 0.25) is 0 Å². The lowest BCUT2D eigenvalue weighted by molar-refractivity contribution is 0.0945. The van der Waals surface area contributed by atoms with Crippen molar-refractivity contribution in [2.45, 2.75) is 38.7 Å². The van der Waals surface area contributed by atoms with Crippen molar-refractivity contribution in [3.8, 4) is 39.9 Å². The Balaban J connectivity index is 2.48. The van der Waals surface area contributed by atoms with Crippen molar-refractivity contribution >= 4 is 0 Å². The maximum absolute atomic E-state index is 11.3. The number of ether oxygens (including phenoxy) is 5. The van der Waals surface area contributed by atoms with E-state index < -0.39 is 0 Å². The lowest BCUT2D eigenvalue weighted by atomic mass is 9.89. The molecule has 1 atom stereocenters. The number of benzene rings is 2. The number of methoxy groups -OCH3 is 5. The van der Waals surface area contributed by atoms with Crippen LogP contribution in [0.15, 0.2) is 12.1 Å². The van der Waals surface area contributed by atoms with E-state index >= 15 is 0 Å². The normalized spacial score (nSPS) is 15.2. The molecule has 29 heavy (non-hydrogen) atoms. The van der Waals surface area contributed by atoms with Crippen LogP contribution in [0.3, 0.4) is 0 Å². The Labute approximate surface area is 172 Å². The van der Waals surface area contributed by atoms with E-state index in [0.29, 0.717) is 28.6 Å². The van der Waals surface area contributed by atoms with Crippen LogP contribution in [0.1, 0.15) is 42.6 Å². The number of aryl methyl sites for hydroxylation is 2. The van der Waals surface area contributed by atoms with Gasteiger partial charge in [0.05, 0.1) is 34.5 Å². The molecule has 0 bridgehead atoms. The van der Waals surface area contributed by atoms with E-state index in [9.17, 15) is 5.11 Å². The van der Waals surface area contributed by atoms with Gasteiger partial charge >= 0.3 is 0 Å². The van der Waals surface area contributed by atoms with Crippen LogP contribution in [-0.2, 0) is 17.6 Å². The molecule has 2 aromatic rings. The molecule has 0 heterocycles. The molecule has 0 amide bonds. The summed E-state index contributed by atoms with van der Waals surface area (Å²) in [5, 5.41) is 11.3. The molecule has 0 saturated carbocycles. The first-order chi connectivity index (χ1) is 14.1. The molecule has 1 N–H and O–H groups in total. The van der Waals surface area contributed by atoms with Gasteiger partial charge < -0.3 is 28.8 Å². The number of hydrogen-bond donors (Lipinski definition) is 1. The van der Waals surface area contributed by atoms with E-state index in [4.69, 9.17) is 23.7 Å². The molecular weight excluding hydrogens is 372 g/mol. The lowest BCUT2D eigenvalue weighted by Crippen LogP contribution is -2.06. The van der Waals surface area contributed by atoms with Gasteiger partial charge in [0.15, 0.2) is 11.5 Å². The zero-order chi connectivity index (χ0) is 21.1. The molecule has 0 spiro atoms. The Morgan fingerprint density at radius 3 is 2.14 bits per heavy atom. The first kappa shape index (κ1) is 21.1. The Bertz CT molecular complexity index is 890. The Morgan fingerprint density at radius 2 is 1.59 bits per heavy atom. The predicted octanol–water partition coefficient (Wildman–Crippen LogP) is 4.68. The van der Waals surface area contributed by atoms with Gasteiger partial charge in [0, 0.05) is 23.8 Å². The molecule has 6 heteroatoms. The van der Waals surface area contributed by atoms with Crippen LogP contribution in [0.4, 0.5) is 0 Å². The second kappa shape index (κ2) is 8.82. The number of aromatic hydroxyl groups is 1. The summed E-state index contributed by atoms with van der Waals surface area (Å²) in [7, 11) is 8.11. The number of phenolic OH excluding ortho intramolecular Hbond substituents is 1. The summed E-state index contributed by atoms with van der Waals surface area (Å²) >= 11 is 0. The van der Waals surface area contributed by atoms with Gasteiger partial charge in [-0.3, -0.25) is 0 Å². The minimum atomic E-state index is -0.226. The third kappa shape index (κ3) is 3.46. The van der Waals surface area contributed by atoms with Gasteiger partial charge in [-0.05, 0) is 42.5 Å². The van der Waals surface area contributed by atoms with Gasteiger partial charge in [-0.15, -0.1) is 0 Å². The third-order valence-electron chi connectivity index (χ3n) is 5.56. The van der Waals surface area contributed by atoms with Crippen molar-refractivity contribution in [2.24, 2.45) is 0 Å². The van der Waals surface area contributed by atoms with Crippen molar-refractivity contribution < 1.29 is 28.8 Å². The van der Waals surface area contributed by atoms with Crippen molar-refractivity contribution in [1.82, 2.24) is 0 Å². The lowest BCUT2D eigenvalue weighted by Gasteiger charge is -2.24. The van der Waals surface area contributed by atoms with E-state index in [1.165, 1.54) is 0 Å². The van der Waals surface area contributed by atoms with Crippen molar-refractivity contribution in [3.05, 3.63) is 28.8 Å². The van der Waals surface area contributed by atoms with Crippen LogP contribution in [0.5, 0.6) is 28.7 Å². The molecule has 0 saturated heterocycles. The quantitative estimate of drug-likeness (QED) is 0.725. The fraction of sp³-hybridized carbons (Fsp3) is 0.478. The average Bonchev–Trinajstić information content (AvgIpc) is 2.91. The topological polar surface area (TPSA) is 66.4 Å². The Hall–Kier alpha value is -2.60. The molecular formula is C23H30O6. The minimum absolute atomic E-state index is 0.226. The van der Waals surface area contributed by atoms with E-state index in [1.807, 2.05) is 12.1 Å². The summed E-state index contributed by atoms with van der Waals surface area (Å²) in [4.78, 5) is 0. The summed E-state index contributed by atoms with van der Waals surface area (Å²) in [6.07, 6.45) is 2.87. The van der Waals surface area contributed by atoms with Gasteiger partial charge in [-0.1, -0.05) is 13.3 Å². The van der Waals surface area contributed by atoms with E-state index in [2.05, 4.69) is 6.92 Å². The molecule has 1 aliphatic carbocycles. The van der Waals surface area contributed by atoms with Gasteiger partial charge in [0.1, 0.15) is 11.5 Å². The van der Waals surface area contributed by atoms with Crippen LogP contribution in [-0.4, -0.2) is 40.7 Å². The highest BCUT2D eigenvalue weighted by molar-refractivity contribution is 5.88. The molecule has 6 nitrogen and oxygen atoms in total. The number of phenols is 1. The molecule has 0 aliphatic heterocycles. The summed E-state index contributed by atoms with van der Waals surface area (Å²) in [5.41, 5.74) is 4.16. The van der Waals surface area contributed by atoms with Gasteiger partial charge in [-0.25, -0.2) is 0 Å². The highest BCUT2D eigenvalue weighted by Gasteiger charge is 2.34. The first-order valence-corrected chi connectivity index (χ1v) is 9.83. The zero-order valence-corrected chi connectivity index (χ0v) is 18.0. The monoisotopic (exact) mass is 402 g/mol.